The van der Waals surface area contributed by atoms with E-state index < -0.39 is 0 Å². The Morgan fingerprint density at radius 2 is 1.96 bits per heavy atom. The first-order valence-corrected chi connectivity index (χ1v) is 7.49. The number of amides is 1. The first kappa shape index (κ1) is 16.8. The summed E-state index contributed by atoms with van der Waals surface area (Å²) in [5, 5.41) is 3.23. The summed E-state index contributed by atoms with van der Waals surface area (Å²) >= 11 is 9.95. The van der Waals surface area contributed by atoms with Gasteiger partial charge in [0.1, 0.15) is 0 Å². The average Bonchev–Trinajstić information content (AvgIpc) is 2.46. The zero-order chi connectivity index (χ0) is 16.8. The van der Waals surface area contributed by atoms with Gasteiger partial charge in [-0.1, -0.05) is 18.2 Å². The number of aromatic nitrogens is 2. The number of benzene rings is 1. The van der Waals surface area contributed by atoms with Gasteiger partial charge in [0.05, 0.1) is 6.42 Å². The first-order valence-electron chi connectivity index (χ1n) is 6.68. The number of aromatic amines is 2. The van der Waals surface area contributed by atoms with Gasteiger partial charge in [-0.25, -0.2) is 0 Å². The Labute approximate surface area is 142 Å². The van der Waals surface area contributed by atoms with Gasteiger partial charge >= 0.3 is 0 Å². The van der Waals surface area contributed by atoms with E-state index in [1.807, 2.05) is 31.2 Å². The predicted octanol–water partition coefficient (Wildman–Crippen LogP) is 1.30. The van der Waals surface area contributed by atoms with E-state index in [0.717, 1.165) is 11.3 Å². The van der Waals surface area contributed by atoms with Crippen LogP contribution in [0.4, 0.5) is 5.69 Å². The Bertz CT molecular complexity index is 815. The predicted molar refractivity (Wildman–Crippen MR) is 94.6 cm³/mol. The summed E-state index contributed by atoms with van der Waals surface area (Å²) in [6, 6.07) is 8.90. The fraction of sp³-hybridized carbons (Fsp3) is 0.143. The highest BCUT2D eigenvalue weighted by molar-refractivity contribution is 7.80. The first-order chi connectivity index (χ1) is 10.9. The second-order valence-electron chi connectivity index (χ2n) is 4.73. The van der Waals surface area contributed by atoms with Crippen molar-refractivity contribution in [1.29, 1.82) is 0 Å². The Morgan fingerprint density at radius 3 is 2.65 bits per heavy atom. The molecule has 9 heteroatoms. The summed E-state index contributed by atoms with van der Waals surface area (Å²) < 4.78 is 0.171. The minimum absolute atomic E-state index is 0.0342. The second kappa shape index (κ2) is 7.65. The van der Waals surface area contributed by atoms with Gasteiger partial charge in [0.15, 0.2) is 9.88 Å². The van der Waals surface area contributed by atoms with Crippen molar-refractivity contribution in [3.63, 3.8) is 0 Å². The fourth-order valence-electron chi connectivity index (χ4n) is 1.82. The minimum Gasteiger partial charge on any atom is -0.335 e. The lowest BCUT2D eigenvalue weighted by Crippen LogP contribution is -2.44. The number of para-hydroxylation sites is 1. The molecule has 1 aromatic heterocycles. The molecular weight excluding hydrogens is 334 g/mol. The number of rotatable bonds is 3. The van der Waals surface area contributed by atoms with Crippen molar-refractivity contribution in [2.24, 2.45) is 0 Å². The van der Waals surface area contributed by atoms with E-state index >= 15 is 0 Å². The van der Waals surface area contributed by atoms with E-state index in [4.69, 9.17) is 24.4 Å². The third kappa shape index (κ3) is 5.31. The van der Waals surface area contributed by atoms with Crippen molar-refractivity contribution in [3.8, 4) is 0 Å². The molecule has 0 saturated carbocycles. The molecule has 0 bridgehead atoms. The van der Waals surface area contributed by atoms with Crippen LogP contribution in [0.3, 0.4) is 0 Å². The van der Waals surface area contributed by atoms with Crippen LogP contribution in [0.25, 0.3) is 0 Å². The van der Waals surface area contributed by atoms with E-state index in [1.165, 1.54) is 6.07 Å². The van der Waals surface area contributed by atoms with Crippen LogP contribution in [-0.4, -0.2) is 21.0 Å². The van der Waals surface area contributed by atoms with Gasteiger partial charge in [-0.2, -0.15) is 0 Å². The maximum Gasteiger partial charge on any atom is 0.251 e. The molecule has 0 aliphatic rings. The normalized spacial score (nSPS) is 9.96. The van der Waals surface area contributed by atoms with Crippen LogP contribution < -0.4 is 21.7 Å². The number of H-pyrrole nitrogens is 2. The molecule has 7 nitrogen and oxygen atoms in total. The van der Waals surface area contributed by atoms with Crippen LogP contribution in [0.1, 0.15) is 11.3 Å². The van der Waals surface area contributed by atoms with E-state index in [1.54, 1.807) is 0 Å². The molecule has 0 unspecified atom stereocenters. The second-order valence-corrected chi connectivity index (χ2v) is 5.55. The van der Waals surface area contributed by atoms with E-state index in [0.29, 0.717) is 5.69 Å². The average molecular weight is 349 g/mol. The van der Waals surface area contributed by atoms with Gasteiger partial charge in [0.25, 0.3) is 5.56 Å². The van der Waals surface area contributed by atoms with Crippen molar-refractivity contribution in [3.05, 3.63) is 56.7 Å². The van der Waals surface area contributed by atoms with Crippen LogP contribution in [0.5, 0.6) is 0 Å². The molecule has 0 saturated heterocycles. The molecule has 1 heterocycles. The van der Waals surface area contributed by atoms with Crippen molar-refractivity contribution in [2.45, 2.75) is 13.3 Å². The van der Waals surface area contributed by atoms with E-state index in [2.05, 4.69) is 26.1 Å². The van der Waals surface area contributed by atoms with Crippen LogP contribution in [0, 0.1) is 11.7 Å². The third-order valence-electron chi connectivity index (χ3n) is 2.88. The Balaban J connectivity index is 1.86. The van der Waals surface area contributed by atoms with Gasteiger partial charge in [0.2, 0.25) is 5.91 Å². The molecule has 2 rings (SSSR count). The van der Waals surface area contributed by atoms with Gasteiger partial charge in [0, 0.05) is 17.4 Å². The van der Waals surface area contributed by atoms with Gasteiger partial charge in [-0.15, -0.1) is 0 Å². The summed E-state index contributed by atoms with van der Waals surface area (Å²) in [4.78, 5) is 28.2. The van der Waals surface area contributed by atoms with Crippen LogP contribution in [0.2, 0.25) is 0 Å². The number of thiocarbonyl (C=S) groups is 1. The zero-order valence-corrected chi connectivity index (χ0v) is 13.9. The third-order valence-corrected chi connectivity index (χ3v) is 3.28. The molecule has 0 spiro atoms. The van der Waals surface area contributed by atoms with Crippen LogP contribution in [-0.2, 0) is 11.2 Å². The minimum atomic E-state index is -0.366. The fourth-order valence-corrected chi connectivity index (χ4v) is 2.22. The summed E-state index contributed by atoms with van der Waals surface area (Å²) in [5.74, 6) is -0.366. The molecular formula is C14H15N5O2S2. The summed E-state index contributed by atoms with van der Waals surface area (Å²) in [6.45, 7) is 1.94. The molecule has 0 fully saturated rings. The topological polar surface area (TPSA) is 102 Å². The lowest BCUT2D eigenvalue weighted by atomic mass is 10.2. The molecule has 5 N–H and O–H groups in total. The summed E-state index contributed by atoms with van der Waals surface area (Å²) in [6.07, 6.45) is -0.0342. The molecule has 2 aromatic rings. The Kier molecular flexibility index (Phi) is 5.61. The van der Waals surface area contributed by atoms with Crippen LogP contribution >= 0.6 is 24.4 Å². The van der Waals surface area contributed by atoms with Crippen molar-refractivity contribution in [2.75, 3.05) is 5.32 Å². The summed E-state index contributed by atoms with van der Waals surface area (Å²) in [7, 11) is 0. The molecule has 1 aromatic carbocycles. The number of aryl methyl sites for hydroxylation is 1. The lowest BCUT2D eigenvalue weighted by molar-refractivity contribution is -0.121. The molecule has 1 amide bonds. The Morgan fingerprint density at radius 1 is 1.22 bits per heavy atom. The standard InChI is InChI=1S/C14H15N5O2S2/c1-8-4-2-3-5-10(8)16-14(23)19-18-12(21)7-9-6-11(20)17-13(22)15-9/h2-6H,7H2,1H3,(H,18,21)(H2,16,19,23)(H2,15,17,20,22). The van der Waals surface area contributed by atoms with Crippen LogP contribution in [0.15, 0.2) is 35.1 Å². The molecule has 0 aliphatic carbocycles. The number of carbonyl (C=O) groups is 1. The maximum atomic E-state index is 11.8. The highest BCUT2D eigenvalue weighted by Crippen LogP contribution is 2.12. The molecule has 120 valence electrons. The largest absolute Gasteiger partial charge is 0.335 e. The highest BCUT2D eigenvalue weighted by atomic mass is 32.1. The number of nitrogens with one attached hydrogen (secondary N) is 5. The van der Waals surface area contributed by atoms with Crippen molar-refractivity contribution >= 4 is 41.1 Å². The van der Waals surface area contributed by atoms with Gasteiger partial charge in [-0.3, -0.25) is 25.4 Å². The number of carbonyl (C=O) groups excluding carboxylic acids is 1. The quantitative estimate of drug-likeness (QED) is 0.423. The molecule has 0 aliphatic heterocycles. The molecule has 23 heavy (non-hydrogen) atoms. The lowest BCUT2D eigenvalue weighted by Gasteiger charge is -2.13. The van der Waals surface area contributed by atoms with Gasteiger partial charge in [-0.05, 0) is 43.0 Å². The number of hydrogen-bond acceptors (Lipinski definition) is 4. The Hall–Kier alpha value is -2.52. The van der Waals surface area contributed by atoms with Crippen molar-refractivity contribution in [1.82, 2.24) is 20.8 Å². The van der Waals surface area contributed by atoms with Gasteiger partial charge < -0.3 is 10.3 Å². The van der Waals surface area contributed by atoms with Crippen molar-refractivity contribution < 1.29 is 4.79 Å². The highest BCUT2D eigenvalue weighted by Gasteiger charge is 2.06. The monoisotopic (exact) mass is 349 g/mol. The summed E-state index contributed by atoms with van der Waals surface area (Å²) in [5.41, 5.74) is 6.98. The van der Waals surface area contributed by atoms with E-state index in [-0.39, 0.29) is 27.8 Å². The number of hydrazine groups is 1. The zero-order valence-electron chi connectivity index (χ0n) is 12.2. The SMILES string of the molecule is Cc1ccccc1NC(=S)NNC(=O)Cc1cc(=O)[nH]c(=S)[nH]1. The number of anilines is 1. The number of hydrogen-bond donors (Lipinski definition) is 5. The molecule has 0 atom stereocenters. The van der Waals surface area contributed by atoms with E-state index in [9.17, 15) is 9.59 Å². The maximum absolute atomic E-state index is 11.8. The smallest absolute Gasteiger partial charge is 0.251 e. The molecule has 0 radical (unpaired) electrons.